The summed E-state index contributed by atoms with van der Waals surface area (Å²) in [7, 11) is 0. The molecule has 104 valence electrons. The first-order chi connectivity index (χ1) is 8.82. The fraction of sp³-hybridized carbons (Fsp3) is 0.455. The van der Waals surface area contributed by atoms with Crippen LogP contribution in [0.2, 0.25) is 0 Å². The third-order valence-corrected chi connectivity index (χ3v) is 3.25. The first-order valence-electron chi connectivity index (χ1n) is 5.59. The SMILES string of the molecule is CC(C)C(CNc1ncc([N+](=O)[O-])cc1Br)C(=O)O. The summed E-state index contributed by atoms with van der Waals surface area (Å²) in [4.78, 5) is 24.9. The molecule has 1 unspecified atom stereocenters. The quantitative estimate of drug-likeness (QED) is 0.612. The highest BCUT2D eigenvalue weighted by Crippen LogP contribution is 2.25. The first kappa shape index (κ1) is 15.4. The molecule has 0 aliphatic rings. The van der Waals surface area contributed by atoms with Gasteiger partial charge in [0, 0.05) is 12.6 Å². The lowest BCUT2D eigenvalue weighted by atomic mass is 9.96. The van der Waals surface area contributed by atoms with E-state index in [2.05, 4.69) is 26.2 Å². The van der Waals surface area contributed by atoms with Crippen molar-refractivity contribution in [3.05, 3.63) is 26.9 Å². The van der Waals surface area contributed by atoms with Gasteiger partial charge in [-0.3, -0.25) is 14.9 Å². The number of hydrogen-bond donors (Lipinski definition) is 2. The second-order valence-electron chi connectivity index (χ2n) is 4.35. The first-order valence-corrected chi connectivity index (χ1v) is 6.38. The van der Waals surface area contributed by atoms with E-state index in [9.17, 15) is 14.9 Å². The summed E-state index contributed by atoms with van der Waals surface area (Å²) < 4.78 is 0.426. The molecule has 0 fully saturated rings. The maximum absolute atomic E-state index is 11.0. The van der Waals surface area contributed by atoms with Crippen LogP contribution in [0.5, 0.6) is 0 Å². The molecular weight excluding hydrogens is 318 g/mol. The lowest BCUT2D eigenvalue weighted by Gasteiger charge is -2.17. The van der Waals surface area contributed by atoms with Crippen molar-refractivity contribution in [3.63, 3.8) is 0 Å². The molecule has 2 N–H and O–H groups in total. The highest BCUT2D eigenvalue weighted by Gasteiger charge is 2.21. The zero-order valence-electron chi connectivity index (χ0n) is 10.5. The smallest absolute Gasteiger partial charge is 0.308 e. The number of carboxylic acids is 1. The highest BCUT2D eigenvalue weighted by molar-refractivity contribution is 9.10. The van der Waals surface area contributed by atoms with Crippen LogP contribution in [0.3, 0.4) is 0 Å². The van der Waals surface area contributed by atoms with E-state index in [1.807, 2.05) is 13.8 Å². The average Bonchev–Trinajstić information content (AvgIpc) is 2.29. The van der Waals surface area contributed by atoms with Crippen molar-refractivity contribution in [2.75, 3.05) is 11.9 Å². The molecule has 1 atom stereocenters. The molecule has 1 aromatic heterocycles. The predicted molar refractivity (Wildman–Crippen MR) is 73.0 cm³/mol. The number of rotatable bonds is 6. The molecule has 0 aromatic carbocycles. The van der Waals surface area contributed by atoms with Gasteiger partial charge in [0.25, 0.3) is 5.69 Å². The van der Waals surface area contributed by atoms with Gasteiger partial charge in [0.2, 0.25) is 0 Å². The van der Waals surface area contributed by atoms with E-state index < -0.39 is 16.8 Å². The Bertz CT molecular complexity index is 493. The van der Waals surface area contributed by atoms with Crippen molar-refractivity contribution in [1.82, 2.24) is 4.98 Å². The van der Waals surface area contributed by atoms with Gasteiger partial charge in [-0.1, -0.05) is 13.8 Å². The Morgan fingerprint density at radius 1 is 1.63 bits per heavy atom. The van der Waals surface area contributed by atoms with Crippen molar-refractivity contribution in [2.45, 2.75) is 13.8 Å². The minimum Gasteiger partial charge on any atom is -0.481 e. The Hall–Kier alpha value is -1.70. The monoisotopic (exact) mass is 331 g/mol. The molecule has 1 heterocycles. The second kappa shape index (κ2) is 6.46. The number of nitro groups is 1. The van der Waals surface area contributed by atoms with E-state index in [1.54, 1.807) is 0 Å². The van der Waals surface area contributed by atoms with Crippen LogP contribution in [0.4, 0.5) is 11.5 Å². The molecular formula is C11H14BrN3O4. The number of aromatic nitrogens is 1. The van der Waals surface area contributed by atoms with Crippen LogP contribution in [-0.2, 0) is 4.79 Å². The molecule has 1 rings (SSSR count). The Morgan fingerprint density at radius 3 is 2.68 bits per heavy atom. The predicted octanol–water partition coefficient (Wildman–Crippen LogP) is 2.52. The summed E-state index contributed by atoms with van der Waals surface area (Å²) in [5.74, 6) is -1.08. The molecule has 0 aliphatic heterocycles. The molecule has 0 aliphatic carbocycles. The average molecular weight is 332 g/mol. The van der Waals surface area contributed by atoms with E-state index in [4.69, 9.17) is 5.11 Å². The Kier molecular flexibility index (Phi) is 5.22. The van der Waals surface area contributed by atoms with Gasteiger partial charge in [0.05, 0.1) is 15.3 Å². The number of anilines is 1. The summed E-state index contributed by atoms with van der Waals surface area (Å²) >= 11 is 3.16. The van der Waals surface area contributed by atoms with Crippen LogP contribution >= 0.6 is 15.9 Å². The van der Waals surface area contributed by atoms with Crippen molar-refractivity contribution in [1.29, 1.82) is 0 Å². The maximum atomic E-state index is 11.0. The van der Waals surface area contributed by atoms with Gasteiger partial charge in [0.15, 0.2) is 0 Å². The van der Waals surface area contributed by atoms with Crippen molar-refractivity contribution >= 4 is 33.4 Å². The van der Waals surface area contributed by atoms with E-state index in [0.717, 1.165) is 6.20 Å². The fourth-order valence-corrected chi connectivity index (χ4v) is 1.95. The Morgan fingerprint density at radius 2 is 2.26 bits per heavy atom. The van der Waals surface area contributed by atoms with Gasteiger partial charge >= 0.3 is 5.97 Å². The summed E-state index contributed by atoms with van der Waals surface area (Å²) in [5.41, 5.74) is -0.129. The molecule has 8 heteroatoms. The number of nitrogens with one attached hydrogen (secondary N) is 1. The van der Waals surface area contributed by atoms with Crippen LogP contribution in [0.25, 0.3) is 0 Å². The lowest BCUT2D eigenvalue weighted by Crippen LogP contribution is -2.27. The van der Waals surface area contributed by atoms with Crippen LogP contribution in [0.15, 0.2) is 16.7 Å². The number of halogens is 1. The molecule has 0 amide bonds. The van der Waals surface area contributed by atoms with E-state index in [1.165, 1.54) is 6.07 Å². The van der Waals surface area contributed by atoms with Gasteiger partial charge in [-0.2, -0.15) is 0 Å². The van der Waals surface area contributed by atoms with Crippen LogP contribution in [0, 0.1) is 22.0 Å². The molecule has 1 aromatic rings. The molecule has 19 heavy (non-hydrogen) atoms. The molecule has 0 radical (unpaired) electrons. The third kappa shape index (κ3) is 4.16. The summed E-state index contributed by atoms with van der Waals surface area (Å²) in [6.45, 7) is 3.84. The highest BCUT2D eigenvalue weighted by atomic mass is 79.9. The normalized spacial score (nSPS) is 12.2. The van der Waals surface area contributed by atoms with E-state index >= 15 is 0 Å². The van der Waals surface area contributed by atoms with Crippen LogP contribution in [0.1, 0.15) is 13.8 Å². The lowest BCUT2D eigenvalue weighted by molar-refractivity contribution is -0.385. The zero-order chi connectivity index (χ0) is 14.6. The number of pyridine rings is 1. The van der Waals surface area contributed by atoms with E-state index in [0.29, 0.717) is 10.3 Å². The number of aliphatic carboxylic acids is 1. The molecule has 0 spiro atoms. The molecule has 0 bridgehead atoms. The summed E-state index contributed by atoms with van der Waals surface area (Å²) in [6.07, 6.45) is 1.12. The summed E-state index contributed by atoms with van der Waals surface area (Å²) in [6, 6.07) is 1.32. The summed E-state index contributed by atoms with van der Waals surface area (Å²) in [5, 5.41) is 22.5. The van der Waals surface area contributed by atoms with Crippen LogP contribution in [-0.4, -0.2) is 27.5 Å². The molecule has 0 saturated heterocycles. The van der Waals surface area contributed by atoms with Gasteiger partial charge in [-0.05, 0) is 21.8 Å². The number of nitrogens with zero attached hydrogens (tertiary/aromatic N) is 2. The third-order valence-electron chi connectivity index (χ3n) is 2.65. The standard InChI is InChI=1S/C11H14BrN3O4/c1-6(2)8(11(16)17)5-14-10-9(12)3-7(4-13-10)15(18)19/h3-4,6,8H,5H2,1-2H3,(H,13,14)(H,16,17). The number of carboxylic acid groups (broad SMARTS) is 1. The molecule has 7 nitrogen and oxygen atoms in total. The van der Waals surface area contributed by atoms with Crippen LogP contribution < -0.4 is 5.32 Å². The van der Waals surface area contributed by atoms with Crippen molar-refractivity contribution in [3.8, 4) is 0 Å². The Labute approximate surface area is 118 Å². The van der Waals surface area contributed by atoms with E-state index in [-0.39, 0.29) is 18.2 Å². The van der Waals surface area contributed by atoms with Gasteiger partial charge in [-0.15, -0.1) is 0 Å². The second-order valence-corrected chi connectivity index (χ2v) is 5.21. The maximum Gasteiger partial charge on any atom is 0.308 e. The zero-order valence-corrected chi connectivity index (χ0v) is 12.0. The number of hydrogen-bond acceptors (Lipinski definition) is 5. The minimum atomic E-state index is -0.888. The number of carbonyl (C=O) groups is 1. The minimum absolute atomic E-state index is 0.0261. The van der Waals surface area contributed by atoms with Crippen molar-refractivity contribution in [2.24, 2.45) is 11.8 Å². The van der Waals surface area contributed by atoms with Gasteiger partial charge < -0.3 is 10.4 Å². The fourth-order valence-electron chi connectivity index (χ4n) is 1.47. The van der Waals surface area contributed by atoms with Gasteiger partial charge in [0.1, 0.15) is 12.0 Å². The largest absolute Gasteiger partial charge is 0.481 e. The topological polar surface area (TPSA) is 105 Å². The Balaban J connectivity index is 2.78. The van der Waals surface area contributed by atoms with Gasteiger partial charge in [-0.25, -0.2) is 4.98 Å². The van der Waals surface area contributed by atoms with Crippen molar-refractivity contribution < 1.29 is 14.8 Å². The molecule has 0 saturated carbocycles.